The van der Waals surface area contributed by atoms with Gasteiger partial charge in [-0.15, -0.1) is 12.4 Å². The number of carbonyl (C=O) groups excluding carboxylic acids is 1. The standard InChI is InChI=1S/C11H14BrFN2O.ClH/c1-6(2)10(14)11(16)15-9-5-7(12)3-4-8(9)13;/h3-6,10H,14H2,1-2H3,(H,15,16);1H/t10-;/m1./s1. The van der Waals surface area contributed by atoms with E-state index in [9.17, 15) is 9.18 Å². The topological polar surface area (TPSA) is 55.1 Å². The summed E-state index contributed by atoms with van der Waals surface area (Å²) in [5, 5.41) is 2.46. The molecule has 0 unspecified atom stereocenters. The Morgan fingerprint density at radius 2 is 2.06 bits per heavy atom. The molecule has 3 N–H and O–H groups in total. The Bertz CT molecular complexity index is 401. The minimum Gasteiger partial charge on any atom is -0.322 e. The predicted molar refractivity (Wildman–Crippen MR) is 72.8 cm³/mol. The molecule has 1 aromatic rings. The summed E-state index contributed by atoms with van der Waals surface area (Å²) in [6.45, 7) is 3.67. The van der Waals surface area contributed by atoms with Crippen LogP contribution in [-0.4, -0.2) is 11.9 Å². The van der Waals surface area contributed by atoms with Crippen LogP contribution in [-0.2, 0) is 4.79 Å². The third kappa shape index (κ3) is 4.61. The van der Waals surface area contributed by atoms with Crippen LogP contribution in [0.3, 0.4) is 0 Å². The Labute approximate surface area is 114 Å². The van der Waals surface area contributed by atoms with Gasteiger partial charge in [0.25, 0.3) is 0 Å². The maximum Gasteiger partial charge on any atom is 0.241 e. The molecule has 0 aliphatic heterocycles. The fraction of sp³-hybridized carbons (Fsp3) is 0.364. The summed E-state index contributed by atoms with van der Waals surface area (Å²) in [5.74, 6) is -0.852. The van der Waals surface area contributed by atoms with Crippen molar-refractivity contribution in [3.05, 3.63) is 28.5 Å². The van der Waals surface area contributed by atoms with Gasteiger partial charge in [-0.3, -0.25) is 4.79 Å². The number of anilines is 1. The van der Waals surface area contributed by atoms with E-state index < -0.39 is 11.9 Å². The van der Waals surface area contributed by atoms with Gasteiger partial charge in [0.1, 0.15) is 5.82 Å². The summed E-state index contributed by atoms with van der Waals surface area (Å²) in [7, 11) is 0. The molecule has 1 aromatic carbocycles. The molecule has 1 rings (SSSR count). The number of nitrogens with two attached hydrogens (primary N) is 1. The highest BCUT2D eigenvalue weighted by atomic mass is 79.9. The Kier molecular flexibility index (Phi) is 6.67. The van der Waals surface area contributed by atoms with Crippen molar-refractivity contribution < 1.29 is 9.18 Å². The highest BCUT2D eigenvalue weighted by Gasteiger charge is 2.18. The molecule has 0 heterocycles. The zero-order valence-electron chi connectivity index (χ0n) is 9.54. The normalized spacial score (nSPS) is 11.9. The maximum atomic E-state index is 13.3. The summed E-state index contributed by atoms with van der Waals surface area (Å²) in [5.41, 5.74) is 5.78. The number of carbonyl (C=O) groups is 1. The lowest BCUT2D eigenvalue weighted by molar-refractivity contribution is -0.118. The number of benzene rings is 1. The third-order valence-electron chi connectivity index (χ3n) is 2.21. The van der Waals surface area contributed by atoms with Gasteiger partial charge in [0.05, 0.1) is 11.7 Å². The Balaban J connectivity index is 0.00000256. The van der Waals surface area contributed by atoms with Crippen molar-refractivity contribution in [2.75, 3.05) is 5.32 Å². The lowest BCUT2D eigenvalue weighted by Crippen LogP contribution is -2.39. The molecule has 0 radical (unpaired) electrons. The first-order chi connectivity index (χ1) is 7.41. The Hall–Kier alpha value is -0.650. The second-order valence-corrected chi connectivity index (χ2v) is 4.80. The largest absolute Gasteiger partial charge is 0.322 e. The number of nitrogens with one attached hydrogen (secondary N) is 1. The van der Waals surface area contributed by atoms with Crippen molar-refractivity contribution >= 4 is 39.9 Å². The zero-order valence-corrected chi connectivity index (χ0v) is 11.9. The number of hydrogen-bond acceptors (Lipinski definition) is 2. The molecule has 1 amide bonds. The van der Waals surface area contributed by atoms with Crippen LogP contribution in [0.25, 0.3) is 0 Å². The van der Waals surface area contributed by atoms with Gasteiger partial charge in [0.2, 0.25) is 5.91 Å². The van der Waals surface area contributed by atoms with Gasteiger partial charge >= 0.3 is 0 Å². The molecule has 0 aromatic heterocycles. The molecule has 0 saturated heterocycles. The first-order valence-corrected chi connectivity index (χ1v) is 5.72. The molecule has 0 bridgehead atoms. The van der Waals surface area contributed by atoms with Crippen molar-refractivity contribution in [1.29, 1.82) is 0 Å². The van der Waals surface area contributed by atoms with Crippen molar-refractivity contribution in [3.8, 4) is 0 Å². The van der Waals surface area contributed by atoms with Gasteiger partial charge in [-0.2, -0.15) is 0 Å². The van der Waals surface area contributed by atoms with E-state index >= 15 is 0 Å². The molecule has 0 saturated carbocycles. The molecule has 0 fully saturated rings. The fourth-order valence-electron chi connectivity index (χ4n) is 1.11. The fourth-order valence-corrected chi connectivity index (χ4v) is 1.47. The van der Waals surface area contributed by atoms with Gasteiger partial charge in [0, 0.05) is 4.47 Å². The first-order valence-electron chi connectivity index (χ1n) is 4.93. The molecule has 1 atom stereocenters. The van der Waals surface area contributed by atoms with Crippen molar-refractivity contribution in [1.82, 2.24) is 0 Å². The van der Waals surface area contributed by atoms with Crippen molar-refractivity contribution in [3.63, 3.8) is 0 Å². The minimum atomic E-state index is -0.640. The van der Waals surface area contributed by atoms with Gasteiger partial charge in [0.15, 0.2) is 0 Å². The van der Waals surface area contributed by atoms with E-state index in [1.165, 1.54) is 12.1 Å². The highest BCUT2D eigenvalue weighted by molar-refractivity contribution is 9.10. The maximum absolute atomic E-state index is 13.3. The summed E-state index contributed by atoms with van der Waals surface area (Å²) in [6.07, 6.45) is 0. The van der Waals surface area contributed by atoms with Crippen LogP contribution < -0.4 is 11.1 Å². The van der Waals surface area contributed by atoms with Crippen molar-refractivity contribution in [2.45, 2.75) is 19.9 Å². The first kappa shape index (κ1) is 16.4. The van der Waals surface area contributed by atoms with Gasteiger partial charge in [-0.25, -0.2) is 4.39 Å². The smallest absolute Gasteiger partial charge is 0.241 e. The predicted octanol–water partition coefficient (Wildman–Crippen LogP) is 2.93. The van der Waals surface area contributed by atoms with Crippen molar-refractivity contribution in [2.24, 2.45) is 11.7 Å². The SMILES string of the molecule is CC(C)[C@@H](N)C(=O)Nc1cc(Br)ccc1F.Cl. The molecule has 6 heteroatoms. The van der Waals surface area contributed by atoms with Crippen LogP contribution in [0.2, 0.25) is 0 Å². The number of halogens is 3. The van der Waals surface area contributed by atoms with E-state index in [-0.39, 0.29) is 29.9 Å². The quantitative estimate of drug-likeness (QED) is 0.898. The number of hydrogen-bond donors (Lipinski definition) is 2. The monoisotopic (exact) mass is 324 g/mol. The average Bonchev–Trinajstić information content (AvgIpc) is 2.22. The highest BCUT2D eigenvalue weighted by Crippen LogP contribution is 2.20. The van der Waals surface area contributed by atoms with Crippen LogP contribution >= 0.6 is 28.3 Å². The van der Waals surface area contributed by atoms with Crippen LogP contribution in [0.1, 0.15) is 13.8 Å². The van der Waals surface area contributed by atoms with E-state index in [2.05, 4.69) is 21.2 Å². The van der Waals surface area contributed by atoms with E-state index in [4.69, 9.17) is 5.73 Å². The lowest BCUT2D eigenvalue weighted by Gasteiger charge is -2.15. The van der Waals surface area contributed by atoms with Crippen LogP contribution in [0.5, 0.6) is 0 Å². The summed E-state index contributed by atoms with van der Waals surface area (Å²) in [6, 6.07) is 3.70. The van der Waals surface area contributed by atoms with Gasteiger partial charge in [-0.05, 0) is 24.1 Å². The molecule has 0 aliphatic carbocycles. The zero-order chi connectivity index (χ0) is 12.3. The Morgan fingerprint density at radius 3 is 2.59 bits per heavy atom. The lowest BCUT2D eigenvalue weighted by atomic mass is 10.0. The average molecular weight is 326 g/mol. The van der Waals surface area contributed by atoms with Gasteiger partial charge < -0.3 is 11.1 Å². The van der Waals surface area contributed by atoms with Gasteiger partial charge in [-0.1, -0.05) is 29.8 Å². The molecule has 0 aliphatic rings. The van der Waals surface area contributed by atoms with E-state index in [1.54, 1.807) is 6.07 Å². The minimum absolute atomic E-state index is 0. The third-order valence-corrected chi connectivity index (χ3v) is 2.70. The second-order valence-electron chi connectivity index (χ2n) is 3.88. The van der Waals surface area contributed by atoms with Crippen LogP contribution in [0, 0.1) is 11.7 Å². The summed E-state index contributed by atoms with van der Waals surface area (Å²) in [4.78, 5) is 11.6. The summed E-state index contributed by atoms with van der Waals surface area (Å²) < 4.78 is 14.0. The molecular formula is C11H15BrClFN2O. The van der Waals surface area contributed by atoms with Crippen LogP contribution in [0.4, 0.5) is 10.1 Å². The number of rotatable bonds is 3. The summed E-state index contributed by atoms with van der Waals surface area (Å²) >= 11 is 3.20. The number of amides is 1. The molecule has 3 nitrogen and oxygen atoms in total. The van der Waals surface area contributed by atoms with Crippen LogP contribution in [0.15, 0.2) is 22.7 Å². The molecule has 96 valence electrons. The molecule has 17 heavy (non-hydrogen) atoms. The molecular weight excluding hydrogens is 310 g/mol. The van der Waals surface area contributed by atoms with E-state index in [0.29, 0.717) is 4.47 Å². The second kappa shape index (κ2) is 6.93. The molecule has 0 spiro atoms. The van der Waals surface area contributed by atoms with E-state index in [1.807, 2.05) is 13.8 Å². The van der Waals surface area contributed by atoms with E-state index in [0.717, 1.165) is 0 Å². The Morgan fingerprint density at radius 1 is 1.47 bits per heavy atom.